The summed E-state index contributed by atoms with van der Waals surface area (Å²) < 4.78 is 12.8. The van der Waals surface area contributed by atoms with Crippen LogP contribution >= 0.6 is 27.5 Å². The van der Waals surface area contributed by atoms with Crippen LogP contribution in [0.3, 0.4) is 0 Å². The summed E-state index contributed by atoms with van der Waals surface area (Å²) >= 11 is 9.63. The van der Waals surface area contributed by atoms with Crippen LogP contribution in [0.5, 0.6) is 11.5 Å². The minimum Gasteiger partial charge on any atom is -0.490 e. The lowest BCUT2D eigenvalue weighted by Crippen LogP contribution is -2.04. The normalized spacial score (nSPS) is 10.7. The Morgan fingerprint density at radius 3 is 2.31 bits per heavy atom. The Kier molecular flexibility index (Phi) is 7.45. The summed E-state index contributed by atoms with van der Waals surface area (Å²) in [5.41, 5.74) is 5.81. The van der Waals surface area contributed by atoms with Crippen molar-refractivity contribution in [3.63, 3.8) is 0 Å². The number of aryl methyl sites for hydroxylation is 2. The van der Waals surface area contributed by atoms with Crippen molar-refractivity contribution in [2.75, 3.05) is 11.9 Å². The molecule has 0 saturated carbocycles. The van der Waals surface area contributed by atoms with Crippen molar-refractivity contribution in [1.82, 2.24) is 0 Å². The van der Waals surface area contributed by atoms with Crippen LogP contribution in [0.15, 0.2) is 59.1 Å². The number of rotatable bonds is 8. The van der Waals surface area contributed by atoms with Gasteiger partial charge >= 0.3 is 0 Å². The van der Waals surface area contributed by atoms with Crippen LogP contribution in [0, 0.1) is 13.8 Å². The summed E-state index contributed by atoms with van der Waals surface area (Å²) in [6, 6.07) is 18.0. The van der Waals surface area contributed by atoms with Gasteiger partial charge in [0.05, 0.1) is 6.61 Å². The fraction of sp³-hybridized carbons (Fsp3) is 0.250. The molecule has 0 saturated heterocycles. The Hall–Kier alpha value is -2.17. The smallest absolute Gasteiger partial charge is 0.162 e. The lowest BCUT2D eigenvalue weighted by molar-refractivity contribution is 0.269. The number of nitrogens with one attached hydrogen (secondary N) is 1. The molecule has 3 rings (SSSR count). The summed E-state index contributed by atoms with van der Waals surface area (Å²) in [4.78, 5) is 0. The van der Waals surface area contributed by atoms with Crippen LogP contribution in [0.25, 0.3) is 0 Å². The zero-order valence-corrected chi connectivity index (χ0v) is 19.2. The van der Waals surface area contributed by atoms with Gasteiger partial charge in [0.1, 0.15) is 6.61 Å². The average molecular weight is 475 g/mol. The maximum atomic E-state index is 6.02. The topological polar surface area (TPSA) is 30.5 Å². The average Bonchev–Trinajstić information content (AvgIpc) is 2.70. The molecule has 0 radical (unpaired) electrons. The first-order valence-corrected chi connectivity index (χ1v) is 10.8. The van der Waals surface area contributed by atoms with Crippen molar-refractivity contribution < 1.29 is 9.47 Å². The molecule has 0 heterocycles. The monoisotopic (exact) mass is 473 g/mol. The first kappa shape index (κ1) is 21.5. The quantitative estimate of drug-likeness (QED) is 0.371. The van der Waals surface area contributed by atoms with E-state index in [1.165, 1.54) is 11.1 Å². The molecule has 0 bridgehead atoms. The molecule has 0 aromatic heterocycles. The van der Waals surface area contributed by atoms with Crippen molar-refractivity contribution >= 4 is 33.2 Å². The van der Waals surface area contributed by atoms with Crippen molar-refractivity contribution in [3.8, 4) is 11.5 Å². The van der Waals surface area contributed by atoms with Gasteiger partial charge in [0.25, 0.3) is 0 Å². The SMILES string of the molecule is CCOc1cc(CNc2ccc(C)c(C)c2)c(Br)cc1OCc1ccc(Cl)cc1. The second-order valence-electron chi connectivity index (χ2n) is 6.89. The molecule has 0 unspecified atom stereocenters. The number of benzene rings is 3. The van der Waals surface area contributed by atoms with Crippen LogP contribution in [0.1, 0.15) is 29.2 Å². The minimum absolute atomic E-state index is 0.448. The Labute approximate surface area is 186 Å². The van der Waals surface area contributed by atoms with E-state index in [-0.39, 0.29) is 0 Å². The van der Waals surface area contributed by atoms with E-state index in [1.54, 1.807) is 0 Å². The Morgan fingerprint density at radius 1 is 0.897 bits per heavy atom. The standard InChI is InChI=1S/C24H25BrClNO2/c1-4-28-23-12-19(14-27-21-10-5-16(2)17(3)11-21)22(25)13-24(23)29-15-18-6-8-20(26)9-7-18/h5-13,27H,4,14-15H2,1-3H3. The molecule has 152 valence electrons. The van der Waals surface area contributed by atoms with Gasteiger partial charge in [0, 0.05) is 21.7 Å². The Balaban J connectivity index is 1.74. The van der Waals surface area contributed by atoms with Gasteiger partial charge in [-0.2, -0.15) is 0 Å². The summed E-state index contributed by atoms with van der Waals surface area (Å²) in [5.74, 6) is 1.45. The fourth-order valence-corrected chi connectivity index (χ4v) is 3.47. The van der Waals surface area contributed by atoms with Crippen LogP contribution in [-0.2, 0) is 13.2 Å². The van der Waals surface area contributed by atoms with E-state index < -0.39 is 0 Å². The molecule has 0 aliphatic carbocycles. The zero-order valence-electron chi connectivity index (χ0n) is 16.9. The largest absolute Gasteiger partial charge is 0.490 e. The van der Waals surface area contributed by atoms with Gasteiger partial charge in [-0.3, -0.25) is 0 Å². The van der Waals surface area contributed by atoms with Crippen LogP contribution in [-0.4, -0.2) is 6.61 Å². The second-order valence-corrected chi connectivity index (χ2v) is 8.18. The van der Waals surface area contributed by atoms with Crippen molar-refractivity contribution in [2.45, 2.75) is 33.9 Å². The lowest BCUT2D eigenvalue weighted by atomic mass is 10.1. The van der Waals surface area contributed by atoms with Crippen molar-refractivity contribution in [3.05, 3.63) is 86.3 Å². The van der Waals surface area contributed by atoms with E-state index in [0.29, 0.717) is 30.5 Å². The van der Waals surface area contributed by atoms with Gasteiger partial charge in [0.2, 0.25) is 0 Å². The van der Waals surface area contributed by atoms with Gasteiger partial charge in [-0.15, -0.1) is 0 Å². The highest BCUT2D eigenvalue weighted by Gasteiger charge is 2.12. The number of ether oxygens (including phenoxy) is 2. The van der Waals surface area contributed by atoms with E-state index in [2.05, 4.69) is 53.3 Å². The van der Waals surface area contributed by atoms with Crippen molar-refractivity contribution in [2.24, 2.45) is 0 Å². The maximum absolute atomic E-state index is 6.02. The Bertz CT molecular complexity index is 973. The highest BCUT2D eigenvalue weighted by molar-refractivity contribution is 9.10. The van der Waals surface area contributed by atoms with E-state index in [4.69, 9.17) is 21.1 Å². The fourth-order valence-electron chi connectivity index (χ4n) is 2.88. The minimum atomic E-state index is 0.448. The van der Waals surface area contributed by atoms with Crippen LogP contribution < -0.4 is 14.8 Å². The van der Waals surface area contributed by atoms with E-state index >= 15 is 0 Å². The van der Waals surface area contributed by atoms with Crippen LogP contribution in [0.2, 0.25) is 5.02 Å². The molecule has 0 aliphatic heterocycles. The van der Waals surface area contributed by atoms with Gasteiger partial charge in [-0.05, 0) is 79.4 Å². The molecule has 3 nitrogen and oxygen atoms in total. The zero-order chi connectivity index (χ0) is 20.8. The first-order valence-electron chi connectivity index (χ1n) is 9.60. The van der Waals surface area contributed by atoms with Crippen LogP contribution in [0.4, 0.5) is 5.69 Å². The molecule has 0 atom stereocenters. The molecule has 1 N–H and O–H groups in total. The van der Waals surface area contributed by atoms with Gasteiger partial charge in [-0.25, -0.2) is 0 Å². The highest BCUT2D eigenvalue weighted by Crippen LogP contribution is 2.35. The summed E-state index contributed by atoms with van der Waals surface area (Å²) in [6.07, 6.45) is 0. The van der Waals surface area contributed by atoms with Gasteiger partial charge < -0.3 is 14.8 Å². The lowest BCUT2D eigenvalue weighted by Gasteiger charge is -2.16. The second kappa shape index (κ2) is 10.0. The van der Waals surface area contributed by atoms with E-state index in [9.17, 15) is 0 Å². The molecule has 3 aromatic rings. The third kappa shape index (κ3) is 5.91. The molecule has 29 heavy (non-hydrogen) atoms. The molecule has 0 amide bonds. The molecular formula is C24H25BrClNO2. The maximum Gasteiger partial charge on any atom is 0.162 e. The highest BCUT2D eigenvalue weighted by atomic mass is 79.9. The number of hydrogen-bond acceptors (Lipinski definition) is 3. The molecule has 0 fully saturated rings. The molecular weight excluding hydrogens is 450 g/mol. The summed E-state index contributed by atoms with van der Waals surface area (Å²) in [6.45, 7) is 7.91. The number of anilines is 1. The number of hydrogen-bond donors (Lipinski definition) is 1. The molecule has 0 aliphatic rings. The van der Waals surface area contributed by atoms with Gasteiger partial charge in [0.15, 0.2) is 11.5 Å². The summed E-state index contributed by atoms with van der Waals surface area (Å²) in [5, 5.41) is 4.20. The van der Waals surface area contributed by atoms with Crippen molar-refractivity contribution in [1.29, 1.82) is 0 Å². The van der Waals surface area contributed by atoms with E-state index in [0.717, 1.165) is 27.0 Å². The molecule has 3 aromatic carbocycles. The molecule has 0 spiro atoms. The predicted octanol–water partition coefficient (Wildman–Crippen LogP) is 7.31. The third-order valence-electron chi connectivity index (χ3n) is 4.71. The predicted molar refractivity (Wildman–Crippen MR) is 124 cm³/mol. The Morgan fingerprint density at radius 2 is 1.62 bits per heavy atom. The molecule has 5 heteroatoms. The number of halogens is 2. The van der Waals surface area contributed by atoms with Gasteiger partial charge in [-0.1, -0.05) is 45.7 Å². The van der Waals surface area contributed by atoms with E-state index in [1.807, 2.05) is 43.3 Å². The first-order chi connectivity index (χ1) is 14.0. The summed E-state index contributed by atoms with van der Waals surface area (Å²) in [7, 11) is 0. The third-order valence-corrected chi connectivity index (χ3v) is 5.70.